The monoisotopic (exact) mass is 486 g/mol. The fourth-order valence-electron chi connectivity index (χ4n) is 4.68. The molecule has 1 aliphatic heterocycles. The molecule has 1 heterocycles. The molecule has 190 valence electrons. The third kappa shape index (κ3) is 6.80. The smallest absolute Gasteiger partial charge is 0.387 e. The maximum Gasteiger partial charge on any atom is 0.387 e. The largest absolute Gasteiger partial charge is 0.434 e. The van der Waals surface area contributed by atoms with Crippen molar-refractivity contribution >= 4 is 17.5 Å². The Hall–Kier alpha value is -2.96. The normalized spacial score (nSPS) is 18.4. The first-order valence-corrected chi connectivity index (χ1v) is 12.4. The molecule has 2 aromatic rings. The van der Waals surface area contributed by atoms with E-state index < -0.39 is 6.61 Å². The Kier molecular flexibility index (Phi) is 8.87. The van der Waals surface area contributed by atoms with Crippen molar-refractivity contribution < 1.29 is 23.1 Å². The molecule has 0 aromatic heterocycles. The third-order valence-electron chi connectivity index (χ3n) is 6.56. The number of para-hydroxylation sites is 1. The van der Waals surface area contributed by atoms with Crippen LogP contribution >= 0.6 is 0 Å². The Bertz CT molecular complexity index is 1020. The number of nitrogens with zero attached hydrogens (tertiary/aromatic N) is 1. The predicted octanol–water partition coefficient (Wildman–Crippen LogP) is 6.64. The van der Waals surface area contributed by atoms with E-state index in [-0.39, 0.29) is 40.5 Å². The fourth-order valence-corrected chi connectivity index (χ4v) is 4.68. The van der Waals surface area contributed by atoms with Crippen molar-refractivity contribution in [1.82, 2.24) is 4.90 Å². The van der Waals surface area contributed by atoms with Crippen molar-refractivity contribution in [2.24, 2.45) is 5.92 Å². The van der Waals surface area contributed by atoms with Gasteiger partial charge in [0, 0.05) is 18.3 Å². The molecular weight excluding hydrogens is 450 g/mol. The van der Waals surface area contributed by atoms with Crippen LogP contribution in [0.4, 0.5) is 14.5 Å². The second-order valence-corrected chi connectivity index (χ2v) is 10.2. The van der Waals surface area contributed by atoms with E-state index in [2.05, 4.69) is 37.7 Å². The lowest BCUT2D eigenvalue weighted by atomic mass is 9.84. The number of nitrogens with one attached hydrogen (secondary N) is 1. The fraction of sp³-hybridized carbons (Fsp3) is 0.500. The van der Waals surface area contributed by atoms with E-state index >= 15 is 0 Å². The van der Waals surface area contributed by atoms with Crippen LogP contribution in [0.5, 0.6) is 5.75 Å². The van der Waals surface area contributed by atoms with Gasteiger partial charge in [0.25, 0.3) is 5.91 Å². The molecule has 3 rings (SSSR count). The third-order valence-corrected chi connectivity index (χ3v) is 6.56. The molecule has 2 aromatic carbocycles. The maximum atomic E-state index is 13.5. The summed E-state index contributed by atoms with van der Waals surface area (Å²) < 4.78 is 30.5. The summed E-state index contributed by atoms with van der Waals surface area (Å²) in [6.45, 7) is 5.87. The van der Waals surface area contributed by atoms with Gasteiger partial charge in [-0.2, -0.15) is 8.78 Å². The highest BCUT2D eigenvalue weighted by Gasteiger charge is 2.39. The summed E-state index contributed by atoms with van der Waals surface area (Å²) in [4.78, 5) is 28.7. The van der Waals surface area contributed by atoms with Crippen LogP contribution < -0.4 is 10.1 Å². The first-order valence-electron chi connectivity index (χ1n) is 12.4. The minimum Gasteiger partial charge on any atom is -0.434 e. The summed E-state index contributed by atoms with van der Waals surface area (Å²) in [7, 11) is 0. The van der Waals surface area contributed by atoms with Crippen LogP contribution in [0, 0.1) is 5.92 Å². The van der Waals surface area contributed by atoms with Crippen LogP contribution in [0.3, 0.4) is 0 Å². The number of ether oxygens (including phenoxy) is 1. The molecule has 1 N–H and O–H groups in total. The van der Waals surface area contributed by atoms with Crippen molar-refractivity contribution in [3.05, 3.63) is 59.7 Å². The van der Waals surface area contributed by atoms with E-state index in [1.165, 1.54) is 12.1 Å². The number of carbonyl (C=O) groups excluding carboxylic acids is 2. The van der Waals surface area contributed by atoms with Gasteiger partial charge in [0.05, 0.1) is 11.5 Å². The molecule has 2 amide bonds. The Labute approximate surface area is 206 Å². The molecule has 1 fully saturated rings. The van der Waals surface area contributed by atoms with Gasteiger partial charge < -0.3 is 15.0 Å². The summed E-state index contributed by atoms with van der Waals surface area (Å²) in [6.07, 6.45) is 3.77. The Morgan fingerprint density at radius 2 is 1.89 bits per heavy atom. The van der Waals surface area contributed by atoms with Gasteiger partial charge in [-0.25, -0.2) is 0 Å². The maximum absolute atomic E-state index is 13.5. The zero-order chi connectivity index (χ0) is 25.6. The number of rotatable bonds is 8. The lowest BCUT2D eigenvalue weighted by molar-refractivity contribution is -0.123. The number of hydrogen-bond acceptors (Lipinski definition) is 3. The highest BCUT2D eigenvalue weighted by molar-refractivity contribution is 5.98. The average Bonchev–Trinajstić information content (AvgIpc) is 2.81. The zero-order valence-corrected chi connectivity index (χ0v) is 21.0. The average molecular weight is 487 g/mol. The van der Waals surface area contributed by atoms with Crippen LogP contribution in [0.1, 0.15) is 75.7 Å². The molecule has 0 saturated carbocycles. The summed E-state index contributed by atoms with van der Waals surface area (Å²) >= 11 is 0. The molecule has 1 aliphatic rings. The lowest BCUT2D eigenvalue weighted by Crippen LogP contribution is -2.51. The highest BCUT2D eigenvalue weighted by Crippen LogP contribution is 2.32. The van der Waals surface area contributed by atoms with Crippen molar-refractivity contribution in [1.29, 1.82) is 0 Å². The number of hydrogen-bond donors (Lipinski definition) is 1. The van der Waals surface area contributed by atoms with Crippen molar-refractivity contribution in [2.45, 2.75) is 77.9 Å². The molecule has 7 heteroatoms. The number of anilines is 1. The number of halogens is 2. The first-order chi connectivity index (χ1) is 16.6. The highest BCUT2D eigenvalue weighted by atomic mass is 19.3. The van der Waals surface area contributed by atoms with Crippen molar-refractivity contribution in [3.63, 3.8) is 0 Å². The van der Waals surface area contributed by atoms with Gasteiger partial charge in [-0.15, -0.1) is 0 Å². The molecule has 35 heavy (non-hydrogen) atoms. The molecule has 2 unspecified atom stereocenters. The minimum absolute atomic E-state index is 0.0495. The van der Waals surface area contributed by atoms with Crippen molar-refractivity contribution in [3.8, 4) is 5.75 Å². The molecule has 1 saturated heterocycles. The summed E-state index contributed by atoms with van der Waals surface area (Å²) in [5.41, 5.74) is 1.89. The van der Waals surface area contributed by atoms with E-state index in [1.54, 1.807) is 17.0 Å². The van der Waals surface area contributed by atoms with Crippen LogP contribution in [-0.4, -0.2) is 35.9 Å². The Morgan fingerprint density at radius 3 is 2.57 bits per heavy atom. The second kappa shape index (κ2) is 11.6. The summed E-state index contributed by atoms with van der Waals surface area (Å²) in [5, 5.41) is 3.07. The van der Waals surface area contributed by atoms with E-state index in [1.807, 2.05) is 24.3 Å². The Balaban J connectivity index is 1.85. The summed E-state index contributed by atoms with van der Waals surface area (Å²) in [5.74, 6) is -1.03. The number of benzene rings is 2. The molecular formula is C28H36F2N2O3. The standard InChI is InChI=1S/C28H36F2N2O3/c1-5-6-15-23-21(25(33)31-20-12-9-11-19(18-20)28(2,3)4)14-10-17-32(23)26(34)22-13-7-8-16-24(22)35-27(29)30/h7-9,11-13,16,18,21,23,27H,5-6,10,14-15,17H2,1-4H3,(H,31,33). The van der Waals surface area contributed by atoms with Crippen molar-refractivity contribution in [2.75, 3.05) is 11.9 Å². The van der Waals surface area contributed by atoms with Gasteiger partial charge in [-0.1, -0.05) is 64.8 Å². The lowest BCUT2D eigenvalue weighted by Gasteiger charge is -2.41. The number of alkyl halides is 2. The van der Waals surface area contributed by atoms with Gasteiger partial charge in [-0.3, -0.25) is 9.59 Å². The predicted molar refractivity (Wildman–Crippen MR) is 134 cm³/mol. The topological polar surface area (TPSA) is 58.6 Å². The molecule has 0 radical (unpaired) electrons. The quantitative estimate of drug-likeness (QED) is 0.455. The Morgan fingerprint density at radius 1 is 1.14 bits per heavy atom. The zero-order valence-electron chi connectivity index (χ0n) is 21.0. The van der Waals surface area contributed by atoms with Crippen LogP contribution in [0.15, 0.2) is 48.5 Å². The molecule has 0 aliphatic carbocycles. The molecule has 0 bridgehead atoms. The summed E-state index contributed by atoms with van der Waals surface area (Å²) in [6, 6.07) is 13.6. The minimum atomic E-state index is -3.02. The van der Waals surface area contributed by atoms with Gasteiger partial charge in [-0.05, 0) is 54.5 Å². The van der Waals surface area contributed by atoms with Crippen LogP contribution in [0.2, 0.25) is 0 Å². The number of amides is 2. The van der Waals surface area contributed by atoms with E-state index in [9.17, 15) is 18.4 Å². The van der Waals surface area contributed by atoms with Crippen LogP contribution in [-0.2, 0) is 10.2 Å². The SMILES string of the molecule is CCCCC1C(C(=O)Nc2cccc(C(C)(C)C)c2)CCCN1C(=O)c1ccccc1OC(F)F. The number of likely N-dealkylation sites (tertiary alicyclic amines) is 1. The van der Waals surface area contributed by atoms with Gasteiger partial charge in [0.1, 0.15) is 5.75 Å². The van der Waals surface area contributed by atoms with E-state index in [4.69, 9.17) is 0 Å². The second-order valence-electron chi connectivity index (χ2n) is 10.2. The molecule has 0 spiro atoms. The molecule has 5 nitrogen and oxygen atoms in total. The van der Waals surface area contributed by atoms with E-state index in [0.717, 1.165) is 24.1 Å². The number of piperidine rings is 1. The first kappa shape index (κ1) is 26.6. The van der Waals surface area contributed by atoms with E-state index in [0.29, 0.717) is 25.8 Å². The van der Waals surface area contributed by atoms with Crippen LogP contribution in [0.25, 0.3) is 0 Å². The van der Waals surface area contributed by atoms with Gasteiger partial charge in [0.2, 0.25) is 5.91 Å². The number of unbranched alkanes of at least 4 members (excludes halogenated alkanes) is 1. The van der Waals surface area contributed by atoms with Gasteiger partial charge >= 0.3 is 6.61 Å². The number of carbonyl (C=O) groups is 2. The van der Waals surface area contributed by atoms with Gasteiger partial charge in [0.15, 0.2) is 0 Å². The molecule has 2 atom stereocenters.